The molecule has 0 saturated heterocycles. The maximum absolute atomic E-state index is 5.34. The highest BCUT2D eigenvalue weighted by atomic mass is 15.2. The molecule has 1 aliphatic carbocycles. The molecule has 0 amide bonds. The molecule has 3 heterocycles. The molecule has 1 aliphatic rings. The van der Waals surface area contributed by atoms with Crippen LogP contribution in [-0.2, 0) is 0 Å². The second kappa shape index (κ2) is 15.1. The fourth-order valence-corrected chi connectivity index (χ4v) is 9.88. The lowest BCUT2D eigenvalue weighted by Crippen LogP contribution is -2.15. The van der Waals surface area contributed by atoms with Crippen molar-refractivity contribution in [3.8, 4) is 45.0 Å². The largest absolute Gasteiger partial charge is 0.309 e. The Kier molecular flexibility index (Phi) is 8.82. The third-order valence-corrected chi connectivity index (χ3v) is 13.0. The molecule has 0 saturated carbocycles. The van der Waals surface area contributed by atoms with E-state index in [-0.39, 0.29) is 11.8 Å². The van der Waals surface area contributed by atoms with Gasteiger partial charge in [-0.3, -0.25) is 4.57 Å². The summed E-state index contributed by atoms with van der Waals surface area (Å²) in [7, 11) is 0. The molecule has 4 nitrogen and oxygen atoms in total. The SMILES string of the molecule is CC1C(c2ccc(-c3ccccc3)cc2)=CC=CC1c1ccnc(-n2c3ccccc3c3cc(-c4ccc5c(c4)c4cc(-c6ccccc6)ccc4n5-c4ccccc4)ccc32)n1. The summed E-state index contributed by atoms with van der Waals surface area (Å²) < 4.78 is 4.62. The number of benzene rings is 8. The van der Waals surface area contributed by atoms with E-state index < -0.39 is 0 Å². The van der Waals surface area contributed by atoms with E-state index in [1.54, 1.807) is 0 Å². The molecule has 0 spiro atoms. The molecule has 11 aromatic rings. The fourth-order valence-electron chi connectivity index (χ4n) is 9.88. The van der Waals surface area contributed by atoms with Crippen LogP contribution in [0.2, 0.25) is 0 Å². The first kappa shape index (κ1) is 36.7. The topological polar surface area (TPSA) is 35.6 Å². The third-order valence-electron chi connectivity index (χ3n) is 13.0. The van der Waals surface area contributed by atoms with Crippen molar-refractivity contribution < 1.29 is 0 Å². The van der Waals surface area contributed by atoms with Crippen molar-refractivity contribution >= 4 is 49.2 Å². The monoisotopic (exact) mass is 806 g/mol. The van der Waals surface area contributed by atoms with Gasteiger partial charge in [0.15, 0.2) is 0 Å². The Morgan fingerprint density at radius 3 is 1.54 bits per heavy atom. The molecule has 298 valence electrons. The van der Waals surface area contributed by atoms with Crippen molar-refractivity contribution in [2.45, 2.75) is 12.8 Å². The quantitative estimate of drug-likeness (QED) is 0.161. The van der Waals surface area contributed by atoms with Crippen molar-refractivity contribution in [2.24, 2.45) is 5.92 Å². The van der Waals surface area contributed by atoms with Crippen LogP contribution in [0.5, 0.6) is 0 Å². The molecule has 0 radical (unpaired) electrons. The summed E-state index contributed by atoms with van der Waals surface area (Å²) in [5, 5.41) is 4.81. The molecule has 3 aromatic heterocycles. The minimum Gasteiger partial charge on any atom is -0.309 e. The number of rotatable bonds is 7. The predicted molar refractivity (Wildman–Crippen MR) is 262 cm³/mol. The average molecular weight is 807 g/mol. The normalized spacial score (nSPS) is 15.1. The summed E-state index contributed by atoms with van der Waals surface area (Å²) in [6.45, 7) is 2.31. The second-order valence-corrected chi connectivity index (χ2v) is 16.6. The van der Waals surface area contributed by atoms with E-state index in [1.165, 1.54) is 77.1 Å². The van der Waals surface area contributed by atoms with E-state index in [9.17, 15) is 0 Å². The van der Waals surface area contributed by atoms with Crippen molar-refractivity contribution in [1.82, 2.24) is 19.1 Å². The first-order valence-corrected chi connectivity index (χ1v) is 21.8. The number of nitrogens with zero attached hydrogens (tertiary/aromatic N) is 4. The number of hydrogen-bond acceptors (Lipinski definition) is 2. The van der Waals surface area contributed by atoms with Crippen LogP contribution in [0.15, 0.2) is 225 Å². The van der Waals surface area contributed by atoms with Gasteiger partial charge in [-0.25, -0.2) is 9.97 Å². The van der Waals surface area contributed by atoms with Gasteiger partial charge in [0.25, 0.3) is 0 Å². The molecule has 8 aromatic carbocycles. The Morgan fingerprint density at radius 2 is 0.889 bits per heavy atom. The molecule has 2 unspecified atom stereocenters. The smallest absolute Gasteiger partial charge is 0.234 e. The number of para-hydroxylation sites is 2. The summed E-state index contributed by atoms with van der Waals surface area (Å²) in [4.78, 5) is 10.3. The molecule has 0 N–H and O–H groups in total. The summed E-state index contributed by atoms with van der Waals surface area (Å²) in [6, 6.07) is 72.2. The lowest BCUT2D eigenvalue weighted by atomic mass is 9.78. The minimum atomic E-state index is 0.103. The summed E-state index contributed by atoms with van der Waals surface area (Å²) in [5.74, 6) is 1.01. The molecular weight excluding hydrogens is 765 g/mol. The Labute approximate surface area is 366 Å². The molecule has 4 heteroatoms. The van der Waals surface area contributed by atoms with Gasteiger partial charge in [-0.15, -0.1) is 0 Å². The van der Waals surface area contributed by atoms with Crippen LogP contribution in [0, 0.1) is 5.92 Å². The van der Waals surface area contributed by atoms with E-state index >= 15 is 0 Å². The molecule has 12 rings (SSSR count). The second-order valence-electron chi connectivity index (χ2n) is 16.6. The van der Waals surface area contributed by atoms with Gasteiger partial charge in [0, 0.05) is 39.3 Å². The lowest BCUT2D eigenvalue weighted by Gasteiger charge is -2.27. The summed E-state index contributed by atoms with van der Waals surface area (Å²) >= 11 is 0. The zero-order valence-corrected chi connectivity index (χ0v) is 34.8. The maximum Gasteiger partial charge on any atom is 0.234 e. The van der Waals surface area contributed by atoms with Crippen LogP contribution >= 0.6 is 0 Å². The van der Waals surface area contributed by atoms with Crippen molar-refractivity contribution in [1.29, 1.82) is 0 Å². The molecule has 63 heavy (non-hydrogen) atoms. The van der Waals surface area contributed by atoms with Gasteiger partial charge >= 0.3 is 0 Å². The van der Waals surface area contributed by atoms with E-state index in [1.807, 2.05) is 6.20 Å². The minimum absolute atomic E-state index is 0.103. The average Bonchev–Trinajstić information content (AvgIpc) is 3.87. The Balaban J connectivity index is 0.925. The highest BCUT2D eigenvalue weighted by molar-refractivity contribution is 6.13. The van der Waals surface area contributed by atoms with E-state index in [4.69, 9.17) is 9.97 Å². The van der Waals surface area contributed by atoms with Gasteiger partial charge in [0.2, 0.25) is 5.95 Å². The first-order chi connectivity index (χ1) is 31.2. The van der Waals surface area contributed by atoms with Gasteiger partial charge in [0.1, 0.15) is 0 Å². The maximum atomic E-state index is 5.34. The van der Waals surface area contributed by atoms with E-state index in [0.717, 1.165) is 22.4 Å². The number of hydrogen-bond donors (Lipinski definition) is 0. The van der Waals surface area contributed by atoms with Crippen LogP contribution < -0.4 is 0 Å². The first-order valence-electron chi connectivity index (χ1n) is 21.8. The Morgan fingerprint density at radius 1 is 0.413 bits per heavy atom. The third kappa shape index (κ3) is 6.30. The highest BCUT2D eigenvalue weighted by Gasteiger charge is 2.26. The number of fused-ring (bicyclic) bond motifs is 6. The van der Waals surface area contributed by atoms with Gasteiger partial charge in [0.05, 0.1) is 27.8 Å². The van der Waals surface area contributed by atoms with Crippen molar-refractivity contribution in [3.05, 3.63) is 236 Å². The zero-order valence-electron chi connectivity index (χ0n) is 34.8. The molecular formula is C59H42N4. The summed E-state index contributed by atoms with van der Waals surface area (Å²) in [6.07, 6.45) is 8.65. The highest BCUT2D eigenvalue weighted by Crippen LogP contribution is 2.41. The van der Waals surface area contributed by atoms with E-state index in [0.29, 0.717) is 5.95 Å². The Bertz CT molecular complexity index is 3560. The van der Waals surface area contributed by atoms with Gasteiger partial charge < -0.3 is 4.57 Å². The summed E-state index contributed by atoms with van der Waals surface area (Å²) in [5.41, 5.74) is 16.5. The lowest BCUT2D eigenvalue weighted by molar-refractivity contribution is 0.633. The standard InChI is InChI=1S/C59H42N4/c1-39-48(43-26-24-42(25-27-43)40-14-5-2-6-15-40)21-13-22-49(39)54-34-35-60-59(61-54)63-55-23-12-11-20-50(55)51-37-45(30-33-58(51)63)46-29-32-57-53(38-46)52-36-44(41-16-7-3-8-17-41)28-31-56(52)62(57)47-18-9-4-10-19-47/h2-39,49H,1H3. The van der Waals surface area contributed by atoms with Crippen LogP contribution in [0.4, 0.5) is 0 Å². The number of aromatic nitrogens is 4. The van der Waals surface area contributed by atoms with Gasteiger partial charge in [-0.1, -0.05) is 165 Å². The van der Waals surface area contributed by atoms with E-state index in [2.05, 4.69) is 234 Å². The number of allylic oxidation sites excluding steroid dienone is 4. The van der Waals surface area contributed by atoms with Crippen molar-refractivity contribution in [2.75, 3.05) is 0 Å². The Hall–Kier alpha value is -8.08. The van der Waals surface area contributed by atoms with Crippen LogP contribution in [0.25, 0.3) is 94.2 Å². The molecule has 2 atom stereocenters. The zero-order chi connectivity index (χ0) is 41.9. The van der Waals surface area contributed by atoms with Crippen LogP contribution in [0.3, 0.4) is 0 Å². The van der Waals surface area contributed by atoms with Crippen LogP contribution in [0.1, 0.15) is 24.1 Å². The van der Waals surface area contributed by atoms with Crippen molar-refractivity contribution in [3.63, 3.8) is 0 Å². The van der Waals surface area contributed by atoms with Crippen LogP contribution in [-0.4, -0.2) is 19.1 Å². The fraction of sp³-hybridized carbons (Fsp3) is 0.0508. The molecule has 0 bridgehead atoms. The predicted octanol–water partition coefficient (Wildman–Crippen LogP) is 15.0. The molecule has 0 fully saturated rings. The van der Waals surface area contributed by atoms with Gasteiger partial charge in [-0.05, 0) is 111 Å². The van der Waals surface area contributed by atoms with Gasteiger partial charge in [-0.2, -0.15) is 0 Å². The molecule has 0 aliphatic heterocycles.